The first-order valence-electron chi connectivity index (χ1n) is 9.20. The van der Waals surface area contributed by atoms with Gasteiger partial charge in [0, 0.05) is 30.0 Å². The standard InChI is InChI=1S/C22H23N3O3/c1-2-19(22(27)28)14-3-5-15(6-4-14)20(12-23)21(26)25-18-8-7-17-13-24-10-9-16(17)11-18/h3-11,13,19-20H,2,12,23H2,1H3,(H,25,26)(H,27,28). The number of aliphatic carboxylic acids is 1. The molecule has 0 saturated carbocycles. The highest BCUT2D eigenvalue weighted by atomic mass is 16.4. The molecule has 144 valence electrons. The largest absolute Gasteiger partial charge is 0.481 e. The number of amides is 1. The van der Waals surface area contributed by atoms with Crippen LogP contribution in [0.1, 0.15) is 36.3 Å². The zero-order valence-electron chi connectivity index (χ0n) is 15.6. The van der Waals surface area contributed by atoms with Crippen LogP contribution in [-0.2, 0) is 9.59 Å². The van der Waals surface area contributed by atoms with E-state index in [1.54, 1.807) is 36.7 Å². The molecule has 6 heteroatoms. The molecule has 1 aromatic heterocycles. The molecule has 3 aromatic rings. The summed E-state index contributed by atoms with van der Waals surface area (Å²) < 4.78 is 0. The molecule has 2 unspecified atom stereocenters. The number of carbonyl (C=O) groups is 2. The minimum absolute atomic E-state index is 0.152. The molecule has 1 amide bonds. The van der Waals surface area contributed by atoms with E-state index in [9.17, 15) is 14.7 Å². The zero-order chi connectivity index (χ0) is 20.1. The third-order valence-corrected chi connectivity index (χ3v) is 4.91. The molecule has 0 saturated heterocycles. The Bertz CT molecular complexity index is 986. The fourth-order valence-electron chi connectivity index (χ4n) is 3.30. The van der Waals surface area contributed by atoms with E-state index in [0.717, 1.165) is 21.9 Å². The van der Waals surface area contributed by atoms with Crippen molar-refractivity contribution in [2.75, 3.05) is 11.9 Å². The van der Waals surface area contributed by atoms with Crippen molar-refractivity contribution in [3.63, 3.8) is 0 Å². The predicted octanol–water partition coefficient (Wildman–Crippen LogP) is 3.49. The van der Waals surface area contributed by atoms with Crippen LogP contribution in [0, 0.1) is 0 Å². The van der Waals surface area contributed by atoms with Gasteiger partial charge in [-0.05, 0) is 41.1 Å². The fraction of sp³-hybridized carbons (Fsp3) is 0.227. The van der Waals surface area contributed by atoms with E-state index in [1.165, 1.54) is 0 Å². The molecule has 3 rings (SSSR count). The van der Waals surface area contributed by atoms with Crippen molar-refractivity contribution < 1.29 is 14.7 Å². The number of carboxylic acids is 1. The Morgan fingerprint density at radius 1 is 1.04 bits per heavy atom. The van der Waals surface area contributed by atoms with Gasteiger partial charge < -0.3 is 16.2 Å². The first-order valence-corrected chi connectivity index (χ1v) is 9.20. The Kier molecular flexibility index (Phi) is 6.01. The summed E-state index contributed by atoms with van der Waals surface area (Å²) in [6.45, 7) is 1.99. The van der Waals surface area contributed by atoms with Gasteiger partial charge in [0.2, 0.25) is 5.91 Å². The number of hydrogen-bond acceptors (Lipinski definition) is 4. The molecular weight excluding hydrogens is 354 g/mol. The lowest BCUT2D eigenvalue weighted by molar-refractivity contribution is -0.138. The first kappa shape index (κ1) is 19.5. The quantitative estimate of drug-likeness (QED) is 0.584. The number of rotatable bonds is 7. The summed E-state index contributed by atoms with van der Waals surface area (Å²) in [5.41, 5.74) is 8.03. The van der Waals surface area contributed by atoms with Gasteiger partial charge in [0.15, 0.2) is 0 Å². The molecule has 0 bridgehead atoms. The van der Waals surface area contributed by atoms with Crippen LogP contribution in [0.3, 0.4) is 0 Å². The van der Waals surface area contributed by atoms with Crippen LogP contribution in [0.25, 0.3) is 10.8 Å². The highest BCUT2D eigenvalue weighted by molar-refractivity contribution is 5.98. The smallest absolute Gasteiger partial charge is 0.310 e. The topological polar surface area (TPSA) is 105 Å². The Balaban J connectivity index is 1.78. The minimum Gasteiger partial charge on any atom is -0.481 e. The minimum atomic E-state index is -0.852. The van der Waals surface area contributed by atoms with Crippen molar-refractivity contribution >= 4 is 28.3 Å². The highest BCUT2D eigenvalue weighted by Crippen LogP contribution is 2.24. The average molecular weight is 377 g/mol. The third kappa shape index (κ3) is 4.18. The van der Waals surface area contributed by atoms with Gasteiger partial charge in [-0.1, -0.05) is 37.3 Å². The van der Waals surface area contributed by atoms with Gasteiger partial charge in [0.1, 0.15) is 0 Å². The maximum atomic E-state index is 12.8. The summed E-state index contributed by atoms with van der Waals surface area (Å²) in [7, 11) is 0. The molecule has 2 aromatic carbocycles. The van der Waals surface area contributed by atoms with Crippen LogP contribution >= 0.6 is 0 Å². The van der Waals surface area contributed by atoms with Gasteiger partial charge in [-0.15, -0.1) is 0 Å². The molecule has 4 N–H and O–H groups in total. The van der Waals surface area contributed by atoms with E-state index >= 15 is 0 Å². The summed E-state index contributed by atoms with van der Waals surface area (Å²) in [5.74, 6) is -2.12. The molecule has 28 heavy (non-hydrogen) atoms. The van der Waals surface area contributed by atoms with Crippen molar-refractivity contribution in [1.29, 1.82) is 0 Å². The summed E-state index contributed by atoms with van der Waals surface area (Å²) in [6, 6.07) is 14.6. The van der Waals surface area contributed by atoms with Gasteiger partial charge in [0.05, 0.1) is 11.8 Å². The first-order chi connectivity index (χ1) is 13.5. The Hall–Kier alpha value is -3.25. The van der Waals surface area contributed by atoms with Gasteiger partial charge in [-0.3, -0.25) is 14.6 Å². The second kappa shape index (κ2) is 8.63. The van der Waals surface area contributed by atoms with E-state index in [0.29, 0.717) is 12.1 Å². The number of aromatic nitrogens is 1. The summed E-state index contributed by atoms with van der Waals surface area (Å²) in [4.78, 5) is 28.2. The van der Waals surface area contributed by atoms with Crippen molar-refractivity contribution in [1.82, 2.24) is 4.98 Å². The zero-order valence-corrected chi connectivity index (χ0v) is 15.6. The van der Waals surface area contributed by atoms with E-state index in [-0.39, 0.29) is 12.5 Å². The van der Waals surface area contributed by atoms with E-state index in [1.807, 2.05) is 31.2 Å². The van der Waals surface area contributed by atoms with Crippen LogP contribution in [0.15, 0.2) is 60.9 Å². The summed E-state index contributed by atoms with van der Waals surface area (Å²) in [5, 5.41) is 14.2. The monoisotopic (exact) mass is 377 g/mol. The number of nitrogens with zero attached hydrogens (tertiary/aromatic N) is 1. The van der Waals surface area contributed by atoms with Gasteiger partial charge in [-0.25, -0.2) is 0 Å². The molecule has 0 spiro atoms. The van der Waals surface area contributed by atoms with Gasteiger partial charge in [-0.2, -0.15) is 0 Å². The van der Waals surface area contributed by atoms with Crippen molar-refractivity contribution in [2.24, 2.45) is 5.73 Å². The summed E-state index contributed by atoms with van der Waals surface area (Å²) >= 11 is 0. The lowest BCUT2D eigenvalue weighted by Crippen LogP contribution is -2.27. The number of nitrogens with one attached hydrogen (secondary N) is 1. The normalized spacial score (nSPS) is 13.1. The number of nitrogens with two attached hydrogens (primary N) is 1. The molecule has 0 radical (unpaired) electrons. The maximum Gasteiger partial charge on any atom is 0.310 e. The SMILES string of the molecule is CCC(C(=O)O)c1ccc(C(CN)C(=O)Nc2ccc3cnccc3c2)cc1. The second-order valence-corrected chi connectivity index (χ2v) is 6.68. The molecule has 1 heterocycles. The number of carboxylic acid groups (broad SMARTS) is 1. The Morgan fingerprint density at radius 3 is 2.32 bits per heavy atom. The van der Waals surface area contributed by atoms with Crippen LogP contribution in [0.5, 0.6) is 0 Å². The molecule has 0 aliphatic carbocycles. The van der Waals surface area contributed by atoms with Crippen molar-refractivity contribution in [2.45, 2.75) is 25.2 Å². The molecule has 0 aliphatic rings. The third-order valence-electron chi connectivity index (χ3n) is 4.91. The lowest BCUT2D eigenvalue weighted by atomic mass is 9.92. The lowest BCUT2D eigenvalue weighted by Gasteiger charge is -2.17. The van der Waals surface area contributed by atoms with E-state index < -0.39 is 17.8 Å². The number of carbonyl (C=O) groups excluding carboxylic acids is 1. The van der Waals surface area contributed by atoms with Crippen LogP contribution in [0.2, 0.25) is 0 Å². The Labute approximate surface area is 163 Å². The number of benzene rings is 2. The van der Waals surface area contributed by atoms with Gasteiger partial charge in [0.25, 0.3) is 0 Å². The number of anilines is 1. The van der Waals surface area contributed by atoms with E-state index in [4.69, 9.17) is 5.73 Å². The molecule has 2 atom stereocenters. The average Bonchev–Trinajstić information content (AvgIpc) is 2.70. The number of pyridine rings is 1. The van der Waals surface area contributed by atoms with Gasteiger partial charge >= 0.3 is 5.97 Å². The maximum absolute atomic E-state index is 12.8. The highest BCUT2D eigenvalue weighted by Gasteiger charge is 2.21. The van der Waals surface area contributed by atoms with Crippen LogP contribution in [0.4, 0.5) is 5.69 Å². The van der Waals surface area contributed by atoms with E-state index in [2.05, 4.69) is 10.3 Å². The van der Waals surface area contributed by atoms with Crippen LogP contribution in [-0.4, -0.2) is 28.5 Å². The summed E-state index contributed by atoms with van der Waals surface area (Å²) in [6.07, 6.45) is 3.98. The molecular formula is C22H23N3O3. The predicted molar refractivity (Wildman–Crippen MR) is 109 cm³/mol. The molecule has 6 nitrogen and oxygen atoms in total. The van der Waals surface area contributed by atoms with Crippen molar-refractivity contribution in [3.8, 4) is 0 Å². The molecule has 0 aliphatic heterocycles. The van der Waals surface area contributed by atoms with Crippen molar-refractivity contribution in [3.05, 3.63) is 72.1 Å². The second-order valence-electron chi connectivity index (χ2n) is 6.68. The van der Waals surface area contributed by atoms with Crippen LogP contribution < -0.4 is 11.1 Å². The molecule has 0 fully saturated rings. The Morgan fingerprint density at radius 2 is 1.71 bits per heavy atom. The fourth-order valence-corrected chi connectivity index (χ4v) is 3.30. The number of hydrogen-bond donors (Lipinski definition) is 3. The number of fused-ring (bicyclic) bond motifs is 1.